The second-order valence-electron chi connectivity index (χ2n) is 3.00. The smallest absolute Gasteiger partial charge is 0.0371 e. The molecular formula is C9H13N3. The number of hydrogen-bond acceptors (Lipinski definition) is 3. The summed E-state index contributed by atoms with van der Waals surface area (Å²) >= 11 is 0. The van der Waals surface area contributed by atoms with E-state index >= 15 is 0 Å². The van der Waals surface area contributed by atoms with Crippen LogP contribution in [0.25, 0.3) is 0 Å². The minimum absolute atomic E-state index is 1.03. The highest BCUT2D eigenvalue weighted by Gasteiger charge is 2.15. The molecule has 1 aliphatic heterocycles. The molecule has 0 unspecified atom stereocenters. The van der Waals surface area contributed by atoms with Crippen molar-refractivity contribution in [3.05, 3.63) is 24.5 Å². The molecule has 12 heavy (non-hydrogen) atoms. The third-order valence-corrected chi connectivity index (χ3v) is 1.98. The fourth-order valence-electron chi connectivity index (χ4n) is 1.12. The maximum absolute atomic E-state index is 3.95. The van der Waals surface area contributed by atoms with Gasteiger partial charge in [0, 0.05) is 44.3 Å². The molecule has 1 fully saturated rings. The van der Waals surface area contributed by atoms with E-state index in [9.17, 15) is 0 Å². The SMILES string of the molecule is c1cc(NCCN2CC2)ccn1. The van der Waals surface area contributed by atoms with Gasteiger partial charge in [-0.25, -0.2) is 0 Å². The zero-order valence-corrected chi connectivity index (χ0v) is 7.03. The molecule has 0 amide bonds. The van der Waals surface area contributed by atoms with Gasteiger partial charge in [0.05, 0.1) is 0 Å². The molecule has 1 aromatic heterocycles. The maximum atomic E-state index is 3.95. The lowest BCUT2D eigenvalue weighted by Crippen LogP contribution is -2.12. The monoisotopic (exact) mass is 163 g/mol. The van der Waals surface area contributed by atoms with Crippen molar-refractivity contribution in [3.63, 3.8) is 0 Å². The van der Waals surface area contributed by atoms with Crippen molar-refractivity contribution in [2.75, 3.05) is 31.5 Å². The van der Waals surface area contributed by atoms with Crippen molar-refractivity contribution in [3.8, 4) is 0 Å². The van der Waals surface area contributed by atoms with Crippen LogP contribution in [-0.2, 0) is 0 Å². The summed E-state index contributed by atoms with van der Waals surface area (Å²) in [5, 5.41) is 3.33. The predicted octanol–water partition coefficient (Wildman–Crippen LogP) is 0.809. The Morgan fingerprint density at radius 1 is 1.33 bits per heavy atom. The minimum Gasteiger partial charge on any atom is -0.384 e. The predicted molar refractivity (Wildman–Crippen MR) is 49.2 cm³/mol. The zero-order chi connectivity index (χ0) is 8.23. The molecule has 1 aliphatic rings. The minimum atomic E-state index is 1.03. The Hall–Kier alpha value is -1.09. The molecule has 2 heterocycles. The molecule has 0 saturated carbocycles. The Balaban J connectivity index is 1.72. The van der Waals surface area contributed by atoms with Crippen molar-refractivity contribution in [2.24, 2.45) is 0 Å². The highest BCUT2D eigenvalue weighted by atomic mass is 15.3. The molecule has 0 aromatic carbocycles. The van der Waals surface area contributed by atoms with E-state index in [2.05, 4.69) is 15.2 Å². The van der Waals surface area contributed by atoms with Crippen LogP contribution in [0.2, 0.25) is 0 Å². The van der Waals surface area contributed by atoms with Crippen LogP contribution in [0.15, 0.2) is 24.5 Å². The molecule has 2 rings (SSSR count). The van der Waals surface area contributed by atoms with E-state index in [4.69, 9.17) is 0 Å². The number of pyridine rings is 1. The van der Waals surface area contributed by atoms with Gasteiger partial charge in [0.2, 0.25) is 0 Å². The summed E-state index contributed by atoms with van der Waals surface area (Å²) in [6.45, 7) is 4.74. The van der Waals surface area contributed by atoms with Gasteiger partial charge in [-0.1, -0.05) is 0 Å². The van der Waals surface area contributed by atoms with E-state index in [1.807, 2.05) is 12.1 Å². The average Bonchev–Trinajstić information content (AvgIpc) is 2.90. The van der Waals surface area contributed by atoms with Crippen molar-refractivity contribution in [2.45, 2.75) is 0 Å². The van der Waals surface area contributed by atoms with Crippen LogP contribution < -0.4 is 5.32 Å². The fraction of sp³-hybridized carbons (Fsp3) is 0.444. The van der Waals surface area contributed by atoms with Crippen LogP contribution in [0.3, 0.4) is 0 Å². The summed E-state index contributed by atoms with van der Waals surface area (Å²) in [4.78, 5) is 6.35. The molecular weight excluding hydrogens is 150 g/mol. The van der Waals surface area contributed by atoms with Crippen molar-refractivity contribution in [1.29, 1.82) is 0 Å². The fourth-order valence-corrected chi connectivity index (χ4v) is 1.12. The number of nitrogens with zero attached hydrogens (tertiary/aromatic N) is 2. The van der Waals surface area contributed by atoms with Crippen LogP contribution >= 0.6 is 0 Å². The Labute approximate surface area is 72.4 Å². The van der Waals surface area contributed by atoms with Crippen molar-refractivity contribution < 1.29 is 0 Å². The number of aromatic nitrogens is 1. The normalized spacial score (nSPS) is 16.0. The highest BCUT2D eigenvalue weighted by molar-refractivity contribution is 5.40. The lowest BCUT2D eigenvalue weighted by molar-refractivity contribution is 0.579. The molecule has 0 radical (unpaired) electrons. The molecule has 0 aliphatic carbocycles. The standard InChI is InChI=1S/C9H13N3/c1-3-10-4-2-9(1)11-5-6-12-7-8-12/h1-4H,5-8H2,(H,10,11). The van der Waals surface area contributed by atoms with Gasteiger partial charge in [0.1, 0.15) is 0 Å². The number of nitrogens with one attached hydrogen (secondary N) is 1. The highest BCUT2D eigenvalue weighted by Crippen LogP contribution is 2.04. The second-order valence-corrected chi connectivity index (χ2v) is 3.00. The van der Waals surface area contributed by atoms with E-state index < -0.39 is 0 Å². The van der Waals surface area contributed by atoms with E-state index in [1.165, 1.54) is 13.1 Å². The summed E-state index contributed by atoms with van der Waals surface area (Å²) < 4.78 is 0. The third-order valence-electron chi connectivity index (χ3n) is 1.98. The lowest BCUT2D eigenvalue weighted by atomic mass is 10.4. The van der Waals surface area contributed by atoms with Crippen LogP contribution in [0.4, 0.5) is 5.69 Å². The maximum Gasteiger partial charge on any atom is 0.0371 e. The van der Waals surface area contributed by atoms with Gasteiger partial charge in [-0.05, 0) is 12.1 Å². The summed E-state index contributed by atoms with van der Waals surface area (Å²) in [5.41, 5.74) is 1.16. The molecule has 64 valence electrons. The van der Waals surface area contributed by atoms with E-state index in [0.717, 1.165) is 18.8 Å². The second kappa shape index (κ2) is 3.54. The van der Waals surface area contributed by atoms with Crippen LogP contribution in [-0.4, -0.2) is 36.1 Å². The molecule has 1 aromatic rings. The molecule has 0 bridgehead atoms. The number of rotatable bonds is 4. The molecule has 0 atom stereocenters. The molecule has 3 nitrogen and oxygen atoms in total. The summed E-state index contributed by atoms with van der Waals surface area (Å²) in [7, 11) is 0. The topological polar surface area (TPSA) is 27.9 Å². The van der Waals surface area contributed by atoms with Gasteiger partial charge >= 0.3 is 0 Å². The summed E-state index contributed by atoms with van der Waals surface area (Å²) in [5.74, 6) is 0. The van der Waals surface area contributed by atoms with Gasteiger partial charge in [-0.15, -0.1) is 0 Å². The third kappa shape index (κ3) is 2.20. The van der Waals surface area contributed by atoms with E-state index in [0.29, 0.717) is 0 Å². The molecule has 3 heteroatoms. The number of hydrogen-bond donors (Lipinski definition) is 1. The average molecular weight is 163 g/mol. The lowest BCUT2D eigenvalue weighted by Gasteiger charge is -2.04. The number of anilines is 1. The quantitative estimate of drug-likeness (QED) is 0.666. The Morgan fingerprint density at radius 2 is 2.08 bits per heavy atom. The molecule has 1 N–H and O–H groups in total. The van der Waals surface area contributed by atoms with Crippen LogP contribution in [0, 0.1) is 0 Å². The first-order chi connectivity index (χ1) is 5.95. The Morgan fingerprint density at radius 3 is 2.75 bits per heavy atom. The molecule has 0 spiro atoms. The Bertz CT molecular complexity index is 231. The van der Waals surface area contributed by atoms with E-state index in [-0.39, 0.29) is 0 Å². The Kier molecular flexibility index (Phi) is 2.23. The van der Waals surface area contributed by atoms with Gasteiger partial charge in [-0.2, -0.15) is 0 Å². The van der Waals surface area contributed by atoms with Crippen LogP contribution in [0.1, 0.15) is 0 Å². The summed E-state index contributed by atoms with van der Waals surface area (Å²) in [6, 6.07) is 3.98. The first-order valence-corrected chi connectivity index (χ1v) is 4.31. The first kappa shape index (κ1) is 7.55. The largest absolute Gasteiger partial charge is 0.384 e. The zero-order valence-electron chi connectivity index (χ0n) is 7.03. The van der Waals surface area contributed by atoms with Crippen LogP contribution in [0.5, 0.6) is 0 Å². The van der Waals surface area contributed by atoms with Gasteiger partial charge in [-0.3, -0.25) is 9.88 Å². The van der Waals surface area contributed by atoms with E-state index in [1.54, 1.807) is 12.4 Å². The molecule has 1 saturated heterocycles. The van der Waals surface area contributed by atoms with Gasteiger partial charge < -0.3 is 5.32 Å². The van der Waals surface area contributed by atoms with Crippen molar-refractivity contribution >= 4 is 5.69 Å². The van der Waals surface area contributed by atoms with Gasteiger partial charge in [0.15, 0.2) is 0 Å². The van der Waals surface area contributed by atoms with Gasteiger partial charge in [0.25, 0.3) is 0 Å². The summed E-state index contributed by atoms with van der Waals surface area (Å²) in [6.07, 6.45) is 3.61. The first-order valence-electron chi connectivity index (χ1n) is 4.31. The van der Waals surface area contributed by atoms with Crippen molar-refractivity contribution in [1.82, 2.24) is 9.88 Å².